The Balaban J connectivity index is 2.21. The average molecular weight is 295 g/mol. The van der Waals surface area contributed by atoms with E-state index in [0.29, 0.717) is 28.2 Å². The maximum absolute atomic E-state index is 10.8. The summed E-state index contributed by atoms with van der Waals surface area (Å²) in [6.45, 7) is 0. The largest absolute Gasteiger partial charge is 0.496 e. The van der Waals surface area contributed by atoms with Crippen molar-refractivity contribution < 1.29 is 9.66 Å². The lowest BCUT2D eigenvalue weighted by atomic mass is 10.2. The zero-order valence-corrected chi connectivity index (χ0v) is 11.8. The molecule has 1 heterocycles. The number of nitro groups is 1. The molecule has 0 fully saturated rings. The Labute approximate surface area is 119 Å². The molecule has 1 aromatic heterocycles. The molecule has 0 saturated heterocycles. The maximum Gasteiger partial charge on any atom is 0.270 e. The van der Waals surface area contributed by atoms with Crippen LogP contribution in [0.2, 0.25) is 0 Å². The van der Waals surface area contributed by atoms with Crippen molar-refractivity contribution in [3.8, 4) is 5.75 Å². The Morgan fingerprint density at radius 3 is 2.80 bits per heavy atom. The van der Waals surface area contributed by atoms with E-state index in [1.807, 2.05) is 0 Å². The predicted octanol–water partition coefficient (Wildman–Crippen LogP) is 1.61. The minimum absolute atomic E-state index is 0.0267. The first-order chi connectivity index (χ1) is 9.52. The van der Waals surface area contributed by atoms with Gasteiger partial charge in [0.2, 0.25) is 5.95 Å². The van der Waals surface area contributed by atoms with Crippen LogP contribution >= 0.6 is 11.8 Å². The van der Waals surface area contributed by atoms with Crippen molar-refractivity contribution in [2.24, 2.45) is 7.05 Å². The van der Waals surface area contributed by atoms with Crippen LogP contribution in [0.15, 0.2) is 23.4 Å². The van der Waals surface area contributed by atoms with E-state index in [-0.39, 0.29) is 5.69 Å². The standard InChI is InChI=1S/C11H13N5O3S/c1-15-10(12)13-14-11(15)20-6-7-5-8(16(17)18)3-4-9(7)19-2/h3-5H,6H2,1-2H3,(H2,12,13). The van der Waals surface area contributed by atoms with Crippen LogP contribution in [0.4, 0.5) is 11.6 Å². The Morgan fingerprint density at radius 2 is 2.25 bits per heavy atom. The number of ether oxygens (including phenoxy) is 1. The first-order valence-electron chi connectivity index (χ1n) is 5.62. The third kappa shape index (κ3) is 2.82. The molecule has 0 unspecified atom stereocenters. The predicted molar refractivity (Wildman–Crippen MR) is 74.6 cm³/mol. The van der Waals surface area contributed by atoms with E-state index >= 15 is 0 Å². The molecule has 0 aliphatic heterocycles. The van der Waals surface area contributed by atoms with Gasteiger partial charge >= 0.3 is 0 Å². The van der Waals surface area contributed by atoms with Gasteiger partial charge < -0.3 is 10.5 Å². The quantitative estimate of drug-likeness (QED) is 0.507. The molecule has 0 bridgehead atoms. The third-order valence-corrected chi connectivity index (χ3v) is 3.77. The second-order valence-electron chi connectivity index (χ2n) is 3.94. The van der Waals surface area contributed by atoms with E-state index in [0.717, 1.165) is 0 Å². The summed E-state index contributed by atoms with van der Waals surface area (Å²) in [6, 6.07) is 4.48. The van der Waals surface area contributed by atoms with E-state index < -0.39 is 4.92 Å². The number of rotatable bonds is 5. The lowest BCUT2D eigenvalue weighted by molar-refractivity contribution is -0.384. The number of thioether (sulfide) groups is 1. The highest BCUT2D eigenvalue weighted by atomic mass is 32.2. The van der Waals surface area contributed by atoms with Crippen molar-refractivity contribution in [3.05, 3.63) is 33.9 Å². The van der Waals surface area contributed by atoms with Crippen LogP contribution in [-0.4, -0.2) is 26.8 Å². The number of aromatic nitrogens is 3. The van der Waals surface area contributed by atoms with Crippen LogP contribution in [0, 0.1) is 10.1 Å². The molecule has 0 spiro atoms. The van der Waals surface area contributed by atoms with Gasteiger partial charge in [0.15, 0.2) is 5.16 Å². The lowest BCUT2D eigenvalue weighted by Crippen LogP contribution is -1.98. The molecule has 0 saturated carbocycles. The van der Waals surface area contributed by atoms with Crippen molar-refractivity contribution in [2.45, 2.75) is 10.9 Å². The lowest BCUT2D eigenvalue weighted by Gasteiger charge is -2.07. The number of methoxy groups -OCH3 is 1. The van der Waals surface area contributed by atoms with Crippen molar-refractivity contribution in [1.82, 2.24) is 14.8 Å². The van der Waals surface area contributed by atoms with Crippen LogP contribution in [-0.2, 0) is 12.8 Å². The van der Waals surface area contributed by atoms with Gasteiger partial charge in [-0.3, -0.25) is 14.7 Å². The number of hydrogen-bond donors (Lipinski definition) is 1. The van der Waals surface area contributed by atoms with Gasteiger partial charge in [-0.25, -0.2) is 0 Å². The van der Waals surface area contributed by atoms with Crippen molar-refractivity contribution >= 4 is 23.4 Å². The molecule has 0 atom stereocenters. The Bertz CT molecular complexity index is 643. The number of anilines is 1. The highest BCUT2D eigenvalue weighted by Gasteiger charge is 2.13. The molecular weight excluding hydrogens is 282 g/mol. The summed E-state index contributed by atoms with van der Waals surface area (Å²) < 4.78 is 6.85. The molecule has 106 valence electrons. The molecule has 20 heavy (non-hydrogen) atoms. The van der Waals surface area contributed by atoms with Gasteiger partial charge in [-0.1, -0.05) is 11.8 Å². The Morgan fingerprint density at radius 1 is 1.50 bits per heavy atom. The van der Waals surface area contributed by atoms with E-state index in [1.54, 1.807) is 17.7 Å². The summed E-state index contributed by atoms with van der Waals surface area (Å²) in [5.41, 5.74) is 6.33. The molecular formula is C11H13N5O3S. The average Bonchev–Trinajstić information content (AvgIpc) is 2.76. The normalized spacial score (nSPS) is 10.5. The zero-order valence-electron chi connectivity index (χ0n) is 10.9. The molecule has 2 N–H and O–H groups in total. The van der Waals surface area contributed by atoms with Gasteiger partial charge in [-0.2, -0.15) is 0 Å². The Hall–Kier alpha value is -2.29. The monoisotopic (exact) mass is 295 g/mol. The van der Waals surface area contributed by atoms with E-state index in [4.69, 9.17) is 10.5 Å². The maximum atomic E-state index is 10.8. The summed E-state index contributed by atoms with van der Waals surface area (Å²) in [5, 5.41) is 19.1. The van der Waals surface area contributed by atoms with Crippen molar-refractivity contribution in [3.63, 3.8) is 0 Å². The number of nitrogens with two attached hydrogens (primary N) is 1. The first kappa shape index (κ1) is 14.1. The minimum Gasteiger partial charge on any atom is -0.496 e. The number of nitro benzene ring substituents is 1. The molecule has 2 rings (SSSR count). The summed E-state index contributed by atoms with van der Waals surface area (Å²) in [7, 11) is 3.28. The SMILES string of the molecule is COc1ccc([N+](=O)[O-])cc1CSc1nnc(N)n1C. The summed E-state index contributed by atoms with van der Waals surface area (Å²) in [6.07, 6.45) is 0. The fourth-order valence-corrected chi connectivity index (χ4v) is 2.48. The first-order valence-corrected chi connectivity index (χ1v) is 6.60. The third-order valence-electron chi connectivity index (χ3n) is 2.70. The molecule has 1 aromatic carbocycles. The summed E-state index contributed by atoms with van der Waals surface area (Å²) in [5.74, 6) is 1.38. The van der Waals surface area contributed by atoms with Crippen LogP contribution in [0.3, 0.4) is 0 Å². The summed E-state index contributed by atoms with van der Waals surface area (Å²) >= 11 is 1.38. The molecule has 0 aliphatic rings. The van der Waals surface area contributed by atoms with Gasteiger partial charge in [0.1, 0.15) is 5.75 Å². The number of benzene rings is 1. The molecule has 8 nitrogen and oxygen atoms in total. The highest BCUT2D eigenvalue weighted by Crippen LogP contribution is 2.30. The van der Waals surface area contributed by atoms with E-state index in [9.17, 15) is 10.1 Å². The van der Waals surface area contributed by atoms with Gasteiger partial charge in [0, 0.05) is 30.5 Å². The number of nitrogens with zero attached hydrogens (tertiary/aromatic N) is 4. The second-order valence-corrected chi connectivity index (χ2v) is 4.88. The summed E-state index contributed by atoms with van der Waals surface area (Å²) in [4.78, 5) is 10.4. The van der Waals surface area contributed by atoms with Crippen molar-refractivity contribution in [2.75, 3.05) is 12.8 Å². The van der Waals surface area contributed by atoms with Gasteiger partial charge in [-0.05, 0) is 6.07 Å². The van der Waals surface area contributed by atoms with Gasteiger partial charge in [0.25, 0.3) is 5.69 Å². The van der Waals surface area contributed by atoms with Crippen LogP contribution in [0.25, 0.3) is 0 Å². The van der Waals surface area contributed by atoms with Crippen LogP contribution in [0.1, 0.15) is 5.56 Å². The zero-order chi connectivity index (χ0) is 14.7. The topological polar surface area (TPSA) is 109 Å². The molecule has 9 heteroatoms. The second kappa shape index (κ2) is 5.78. The molecule has 0 radical (unpaired) electrons. The Kier molecular flexibility index (Phi) is 4.08. The van der Waals surface area contributed by atoms with Gasteiger partial charge in [-0.15, -0.1) is 10.2 Å². The fourth-order valence-electron chi connectivity index (χ4n) is 1.59. The van der Waals surface area contributed by atoms with Gasteiger partial charge in [0.05, 0.1) is 12.0 Å². The number of non-ortho nitro benzene ring substituents is 1. The van der Waals surface area contributed by atoms with Crippen LogP contribution < -0.4 is 10.5 Å². The van der Waals surface area contributed by atoms with Crippen molar-refractivity contribution in [1.29, 1.82) is 0 Å². The fraction of sp³-hybridized carbons (Fsp3) is 0.273. The molecule has 0 amide bonds. The number of nitrogen functional groups attached to an aromatic ring is 1. The molecule has 2 aromatic rings. The molecule has 0 aliphatic carbocycles. The minimum atomic E-state index is -0.437. The smallest absolute Gasteiger partial charge is 0.270 e. The van der Waals surface area contributed by atoms with E-state index in [1.165, 1.54) is 31.0 Å². The van der Waals surface area contributed by atoms with Crippen LogP contribution in [0.5, 0.6) is 5.75 Å². The highest BCUT2D eigenvalue weighted by molar-refractivity contribution is 7.98. The number of hydrogen-bond acceptors (Lipinski definition) is 7. The van der Waals surface area contributed by atoms with E-state index in [2.05, 4.69) is 10.2 Å².